The Morgan fingerprint density at radius 2 is 2.06 bits per heavy atom. The van der Waals surface area contributed by atoms with E-state index in [9.17, 15) is 4.39 Å². The van der Waals surface area contributed by atoms with E-state index >= 15 is 0 Å². The summed E-state index contributed by atoms with van der Waals surface area (Å²) in [7, 11) is 1.85. The van der Waals surface area contributed by atoms with E-state index in [0.717, 1.165) is 19.5 Å². The summed E-state index contributed by atoms with van der Waals surface area (Å²) < 4.78 is 13.7. The lowest BCUT2D eigenvalue weighted by Crippen LogP contribution is -2.30. The van der Waals surface area contributed by atoms with Crippen LogP contribution in [0.15, 0.2) is 6.20 Å². The topological polar surface area (TPSA) is 41.1 Å². The van der Waals surface area contributed by atoms with Crippen LogP contribution in [0, 0.1) is 11.2 Å². The molecule has 0 unspecified atom stereocenters. The molecule has 18 heavy (non-hydrogen) atoms. The van der Waals surface area contributed by atoms with E-state index in [1.54, 1.807) is 0 Å². The lowest BCUT2D eigenvalue weighted by atomic mass is 9.96. The van der Waals surface area contributed by atoms with E-state index in [-0.39, 0.29) is 11.2 Å². The second-order valence-corrected chi connectivity index (χ2v) is 5.71. The standard InChI is InChI=1S/C13H23FN4/c1-6-7-15-12-16-8-10(14)11(17-12)18(5)9-13(2,3)4/h8H,6-7,9H2,1-5H3,(H,15,16,17). The first-order chi connectivity index (χ1) is 8.33. The first-order valence-corrected chi connectivity index (χ1v) is 6.31. The third-order valence-corrected chi connectivity index (χ3v) is 2.33. The maximum Gasteiger partial charge on any atom is 0.224 e. The van der Waals surface area contributed by atoms with Crippen molar-refractivity contribution >= 4 is 11.8 Å². The molecule has 0 aliphatic heterocycles. The Balaban J connectivity index is 2.86. The van der Waals surface area contributed by atoms with Gasteiger partial charge in [0.05, 0.1) is 6.20 Å². The summed E-state index contributed by atoms with van der Waals surface area (Å²) >= 11 is 0. The number of nitrogens with one attached hydrogen (secondary N) is 1. The molecule has 0 saturated heterocycles. The molecule has 1 N–H and O–H groups in total. The third-order valence-electron chi connectivity index (χ3n) is 2.33. The number of aromatic nitrogens is 2. The fourth-order valence-electron chi connectivity index (χ4n) is 1.73. The summed E-state index contributed by atoms with van der Waals surface area (Å²) in [5, 5.41) is 3.06. The number of hydrogen-bond donors (Lipinski definition) is 1. The summed E-state index contributed by atoms with van der Waals surface area (Å²) in [6.07, 6.45) is 2.20. The fourth-order valence-corrected chi connectivity index (χ4v) is 1.73. The van der Waals surface area contributed by atoms with Crippen LogP contribution >= 0.6 is 0 Å². The Labute approximate surface area is 109 Å². The molecule has 1 aromatic heterocycles. The molecule has 0 aliphatic carbocycles. The normalized spacial score (nSPS) is 11.4. The fraction of sp³-hybridized carbons (Fsp3) is 0.692. The number of rotatable bonds is 5. The zero-order chi connectivity index (χ0) is 13.8. The van der Waals surface area contributed by atoms with Crippen LogP contribution in [0.2, 0.25) is 0 Å². The van der Waals surface area contributed by atoms with E-state index in [1.165, 1.54) is 6.20 Å². The average molecular weight is 254 g/mol. The van der Waals surface area contributed by atoms with Gasteiger partial charge in [-0.05, 0) is 11.8 Å². The van der Waals surface area contributed by atoms with Crippen molar-refractivity contribution in [2.24, 2.45) is 5.41 Å². The maximum absolute atomic E-state index is 13.7. The van der Waals surface area contributed by atoms with Gasteiger partial charge in [0.15, 0.2) is 11.6 Å². The second kappa shape index (κ2) is 5.98. The van der Waals surface area contributed by atoms with Gasteiger partial charge in [-0.15, -0.1) is 0 Å². The van der Waals surface area contributed by atoms with Crippen molar-refractivity contribution in [1.29, 1.82) is 0 Å². The molecule has 0 bridgehead atoms. The van der Waals surface area contributed by atoms with Crippen molar-refractivity contribution in [1.82, 2.24) is 9.97 Å². The molecule has 0 atom stereocenters. The minimum atomic E-state index is -0.385. The van der Waals surface area contributed by atoms with E-state index in [2.05, 4.69) is 43.0 Å². The minimum absolute atomic E-state index is 0.0865. The van der Waals surface area contributed by atoms with Crippen molar-refractivity contribution < 1.29 is 4.39 Å². The highest BCUT2D eigenvalue weighted by atomic mass is 19.1. The molecular formula is C13H23FN4. The van der Waals surface area contributed by atoms with Gasteiger partial charge in [-0.3, -0.25) is 0 Å². The van der Waals surface area contributed by atoms with Crippen LogP contribution in [0.3, 0.4) is 0 Å². The van der Waals surface area contributed by atoms with Crippen LogP contribution in [0.5, 0.6) is 0 Å². The first kappa shape index (κ1) is 14.7. The van der Waals surface area contributed by atoms with Gasteiger partial charge in [0.25, 0.3) is 0 Å². The molecule has 102 valence electrons. The molecule has 0 radical (unpaired) electrons. The Morgan fingerprint density at radius 1 is 1.39 bits per heavy atom. The van der Waals surface area contributed by atoms with E-state index < -0.39 is 0 Å². The van der Waals surface area contributed by atoms with Gasteiger partial charge in [0.1, 0.15) is 0 Å². The zero-order valence-electron chi connectivity index (χ0n) is 11.9. The average Bonchev–Trinajstić information content (AvgIpc) is 2.25. The van der Waals surface area contributed by atoms with Crippen molar-refractivity contribution in [3.8, 4) is 0 Å². The first-order valence-electron chi connectivity index (χ1n) is 6.31. The smallest absolute Gasteiger partial charge is 0.224 e. The minimum Gasteiger partial charge on any atom is -0.357 e. The molecule has 0 saturated carbocycles. The SMILES string of the molecule is CCCNc1ncc(F)c(N(C)CC(C)(C)C)n1. The number of nitrogens with zero attached hydrogens (tertiary/aromatic N) is 3. The van der Waals surface area contributed by atoms with Crippen LogP contribution in [0.25, 0.3) is 0 Å². The molecule has 0 amide bonds. The molecule has 0 spiro atoms. The molecule has 0 fully saturated rings. The van der Waals surface area contributed by atoms with Gasteiger partial charge in [-0.1, -0.05) is 27.7 Å². The van der Waals surface area contributed by atoms with Crippen molar-refractivity contribution in [2.45, 2.75) is 34.1 Å². The molecule has 1 aromatic rings. The predicted molar refractivity (Wildman–Crippen MR) is 73.5 cm³/mol. The Morgan fingerprint density at radius 3 is 2.61 bits per heavy atom. The molecule has 5 heteroatoms. The summed E-state index contributed by atoms with van der Waals surface area (Å²) in [5.41, 5.74) is 0.0865. The van der Waals surface area contributed by atoms with E-state index in [4.69, 9.17) is 0 Å². The molecule has 4 nitrogen and oxygen atoms in total. The van der Waals surface area contributed by atoms with E-state index in [0.29, 0.717) is 11.8 Å². The highest BCUT2D eigenvalue weighted by molar-refractivity contribution is 5.43. The molecule has 0 aliphatic rings. The zero-order valence-corrected chi connectivity index (χ0v) is 11.9. The van der Waals surface area contributed by atoms with Gasteiger partial charge in [-0.25, -0.2) is 9.37 Å². The van der Waals surface area contributed by atoms with Crippen LogP contribution in [-0.2, 0) is 0 Å². The van der Waals surface area contributed by atoms with Crippen molar-refractivity contribution in [2.75, 3.05) is 30.4 Å². The Kier molecular flexibility index (Phi) is 4.87. The highest BCUT2D eigenvalue weighted by Crippen LogP contribution is 2.21. The van der Waals surface area contributed by atoms with E-state index in [1.807, 2.05) is 11.9 Å². The van der Waals surface area contributed by atoms with Crippen LogP contribution in [0.4, 0.5) is 16.2 Å². The van der Waals surface area contributed by atoms with Crippen LogP contribution < -0.4 is 10.2 Å². The Bertz CT molecular complexity index is 387. The lowest BCUT2D eigenvalue weighted by Gasteiger charge is -2.27. The lowest BCUT2D eigenvalue weighted by molar-refractivity contribution is 0.415. The third kappa shape index (κ3) is 4.47. The summed E-state index contributed by atoms with van der Waals surface area (Å²) in [6.45, 7) is 9.90. The number of hydrogen-bond acceptors (Lipinski definition) is 4. The molecule has 1 heterocycles. The van der Waals surface area contributed by atoms with Gasteiger partial charge in [-0.2, -0.15) is 4.98 Å². The highest BCUT2D eigenvalue weighted by Gasteiger charge is 2.18. The van der Waals surface area contributed by atoms with Gasteiger partial charge < -0.3 is 10.2 Å². The number of anilines is 2. The molecular weight excluding hydrogens is 231 g/mol. The monoisotopic (exact) mass is 254 g/mol. The van der Waals surface area contributed by atoms with Gasteiger partial charge >= 0.3 is 0 Å². The molecule has 0 aromatic carbocycles. The second-order valence-electron chi connectivity index (χ2n) is 5.71. The van der Waals surface area contributed by atoms with Crippen molar-refractivity contribution in [3.63, 3.8) is 0 Å². The predicted octanol–water partition coefficient (Wildman–Crippen LogP) is 2.92. The quantitative estimate of drug-likeness (QED) is 0.877. The van der Waals surface area contributed by atoms with Crippen LogP contribution in [0.1, 0.15) is 34.1 Å². The maximum atomic E-state index is 13.7. The molecule has 1 rings (SSSR count). The summed E-state index contributed by atoms with van der Waals surface area (Å²) in [4.78, 5) is 9.98. The van der Waals surface area contributed by atoms with Gasteiger partial charge in [0, 0.05) is 20.1 Å². The summed E-state index contributed by atoms with van der Waals surface area (Å²) in [6, 6.07) is 0. The van der Waals surface area contributed by atoms with Crippen molar-refractivity contribution in [3.05, 3.63) is 12.0 Å². The summed E-state index contributed by atoms with van der Waals surface area (Å²) in [5.74, 6) is 0.441. The number of halogens is 1. The van der Waals surface area contributed by atoms with Gasteiger partial charge in [0.2, 0.25) is 5.95 Å². The van der Waals surface area contributed by atoms with Crippen LogP contribution in [-0.4, -0.2) is 30.1 Å². The largest absolute Gasteiger partial charge is 0.357 e. The Hall–Kier alpha value is -1.39.